The summed E-state index contributed by atoms with van der Waals surface area (Å²) in [6, 6.07) is 11.8. The fourth-order valence-electron chi connectivity index (χ4n) is 2.39. The number of carbonyl (C=O) groups is 1. The average molecular weight is 327 g/mol. The Balaban J connectivity index is 1.71. The molecule has 0 saturated heterocycles. The van der Waals surface area contributed by atoms with E-state index < -0.39 is 0 Å². The molecule has 0 saturated carbocycles. The van der Waals surface area contributed by atoms with Crippen LogP contribution in [0, 0.1) is 27.7 Å². The van der Waals surface area contributed by atoms with Gasteiger partial charge in [-0.05, 0) is 56.5 Å². The fraction of sp³-hybridized carbons (Fsp3) is 0.350. The lowest BCUT2D eigenvalue weighted by Gasteiger charge is -2.12. The molecule has 0 aliphatic carbocycles. The first-order valence-corrected chi connectivity index (χ1v) is 8.13. The molecular weight excluding hydrogens is 302 g/mol. The van der Waals surface area contributed by atoms with E-state index in [2.05, 4.69) is 5.32 Å². The maximum atomic E-state index is 11.8. The van der Waals surface area contributed by atoms with Crippen LogP contribution >= 0.6 is 0 Å². The van der Waals surface area contributed by atoms with Crippen molar-refractivity contribution in [3.8, 4) is 11.5 Å². The summed E-state index contributed by atoms with van der Waals surface area (Å²) >= 11 is 0. The van der Waals surface area contributed by atoms with E-state index in [0.29, 0.717) is 13.2 Å². The Bertz CT molecular complexity index is 710. The Morgan fingerprint density at radius 3 is 2.50 bits per heavy atom. The zero-order chi connectivity index (χ0) is 17.5. The third-order valence-electron chi connectivity index (χ3n) is 3.93. The Morgan fingerprint density at radius 2 is 1.75 bits per heavy atom. The summed E-state index contributed by atoms with van der Waals surface area (Å²) in [5.74, 6) is 1.44. The molecule has 4 nitrogen and oxygen atoms in total. The molecule has 1 N–H and O–H groups in total. The molecule has 4 heteroatoms. The largest absolute Gasteiger partial charge is 0.491 e. The second-order valence-electron chi connectivity index (χ2n) is 5.95. The standard InChI is InChI=1S/C20H25NO3/c1-14-8-9-18(16(3)12-14)24-13-20(22)21-10-11-23-19-7-5-6-15(2)17(19)4/h5-9,12H,10-11,13H2,1-4H3,(H,21,22). The quantitative estimate of drug-likeness (QED) is 0.792. The van der Waals surface area contributed by atoms with Crippen LogP contribution in [0.5, 0.6) is 11.5 Å². The third-order valence-corrected chi connectivity index (χ3v) is 3.93. The van der Waals surface area contributed by atoms with Crippen molar-refractivity contribution in [2.24, 2.45) is 0 Å². The molecule has 0 aliphatic rings. The first-order valence-electron chi connectivity index (χ1n) is 8.13. The van der Waals surface area contributed by atoms with Gasteiger partial charge in [-0.2, -0.15) is 0 Å². The topological polar surface area (TPSA) is 47.6 Å². The number of hydrogen-bond donors (Lipinski definition) is 1. The summed E-state index contributed by atoms with van der Waals surface area (Å²) in [5.41, 5.74) is 4.52. The highest BCUT2D eigenvalue weighted by atomic mass is 16.5. The number of amides is 1. The van der Waals surface area contributed by atoms with Crippen molar-refractivity contribution in [2.45, 2.75) is 27.7 Å². The monoisotopic (exact) mass is 327 g/mol. The zero-order valence-corrected chi connectivity index (χ0v) is 14.8. The van der Waals surface area contributed by atoms with Gasteiger partial charge in [0, 0.05) is 0 Å². The molecule has 0 bridgehead atoms. The molecule has 0 aromatic heterocycles. The number of benzene rings is 2. The van der Waals surface area contributed by atoms with E-state index in [4.69, 9.17) is 9.47 Å². The molecule has 0 atom stereocenters. The average Bonchev–Trinajstić information content (AvgIpc) is 2.54. The molecule has 0 radical (unpaired) electrons. The molecule has 0 fully saturated rings. The number of rotatable bonds is 7. The predicted octanol–water partition coefficient (Wildman–Crippen LogP) is 3.49. The lowest BCUT2D eigenvalue weighted by Crippen LogP contribution is -2.32. The highest BCUT2D eigenvalue weighted by Crippen LogP contribution is 2.20. The molecule has 0 aliphatic heterocycles. The molecule has 24 heavy (non-hydrogen) atoms. The van der Waals surface area contributed by atoms with E-state index in [1.807, 2.05) is 64.1 Å². The first kappa shape index (κ1) is 17.9. The minimum absolute atomic E-state index is 0.00732. The van der Waals surface area contributed by atoms with E-state index in [0.717, 1.165) is 22.6 Å². The van der Waals surface area contributed by atoms with E-state index in [1.54, 1.807) is 0 Å². The van der Waals surface area contributed by atoms with Gasteiger partial charge >= 0.3 is 0 Å². The van der Waals surface area contributed by atoms with Gasteiger partial charge in [0.1, 0.15) is 18.1 Å². The third kappa shape index (κ3) is 5.01. The maximum Gasteiger partial charge on any atom is 0.258 e. The van der Waals surface area contributed by atoms with Gasteiger partial charge in [-0.1, -0.05) is 29.8 Å². The number of hydrogen-bond acceptors (Lipinski definition) is 3. The second-order valence-corrected chi connectivity index (χ2v) is 5.95. The van der Waals surface area contributed by atoms with E-state index in [1.165, 1.54) is 11.1 Å². The van der Waals surface area contributed by atoms with Gasteiger partial charge in [0.25, 0.3) is 5.91 Å². The van der Waals surface area contributed by atoms with Crippen molar-refractivity contribution in [1.29, 1.82) is 0 Å². The number of aryl methyl sites for hydroxylation is 3. The summed E-state index contributed by atoms with van der Waals surface area (Å²) in [6.45, 7) is 8.96. The van der Waals surface area contributed by atoms with Crippen LogP contribution in [-0.2, 0) is 4.79 Å². The second kappa shape index (κ2) is 8.39. The summed E-state index contributed by atoms with van der Waals surface area (Å²) < 4.78 is 11.3. The molecular formula is C20H25NO3. The smallest absolute Gasteiger partial charge is 0.258 e. The first-order chi connectivity index (χ1) is 11.5. The van der Waals surface area contributed by atoms with Gasteiger partial charge in [-0.3, -0.25) is 4.79 Å². The Kier molecular flexibility index (Phi) is 6.24. The van der Waals surface area contributed by atoms with E-state index >= 15 is 0 Å². The van der Waals surface area contributed by atoms with Crippen molar-refractivity contribution in [3.63, 3.8) is 0 Å². The zero-order valence-electron chi connectivity index (χ0n) is 14.8. The molecule has 0 unspecified atom stereocenters. The highest BCUT2D eigenvalue weighted by Gasteiger charge is 2.05. The lowest BCUT2D eigenvalue weighted by atomic mass is 10.1. The van der Waals surface area contributed by atoms with Crippen LogP contribution in [-0.4, -0.2) is 25.7 Å². The summed E-state index contributed by atoms with van der Waals surface area (Å²) in [5, 5.41) is 2.80. The van der Waals surface area contributed by atoms with E-state index in [9.17, 15) is 4.79 Å². The van der Waals surface area contributed by atoms with E-state index in [-0.39, 0.29) is 12.5 Å². The van der Waals surface area contributed by atoms with Crippen molar-refractivity contribution in [1.82, 2.24) is 5.32 Å². The van der Waals surface area contributed by atoms with Gasteiger partial charge in [0.2, 0.25) is 0 Å². The van der Waals surface area contributed by atoms with Crippen molar-refractivity contribution < 1.29 is 14.3 Å². The fourth-order valence-corrected chi connectivity index (χ4v) is 2.39. The van der Waals surface area contributed by atoms with Gasteiger partial charge in [-0.25, -0.2) is 0 Å². The van der Waals surface area contributed by atoms with Crippen LogP contribution < -0.4 is 14.8 Å². The summed E-state index contributed by atoms with van der Waals surface area (Å²) in [4.78, 5) is 11.8. The Morgan fingerprint density at radius 1 is 0.958 bits per heavy atom. The molecule has 2 aromatic rings. The Labute approximate surface area is 143 Å². The maximum absolute atomic E-state index is 11.8. The normalized spacial score (nSPS) is 10.3. The minimum Gasteiger partial charge on any atom is -0.491 e. The number of nitrogens with one attached hydrogen (secondary N) is 1. The van der Waals surface area contributed by atoms with Crippen LogP contribution in [0.4, 0.5) is 0 Å². The number of carbonyl (C=O) groups excluding carboxylic acids is 1. The summed E-state index contributed by atoms with van der Waals surface area (Å²) in [7, 11) is 0. The van der Waals surface area contributed by atoms with Gasteiger partial charge in [0.05, 0.1) is 6.54 Å². The van der Waals surface area contributed by atoms with Gasteiger partial charge in [-0.15, -0.1) is 0 Å². The van der Waals surface area contributed by atoms with Crippen molar-refractivity contribution in [3.05, 3.63) is 58.7 Å². The van der Waals surface area contributed by atoms with Crippen LogP contribution in [0.1, 0.15) is 22.3 Å². The van der Waals surface area contributed by atoms with Gasteiger partial charge in [0.15, 0.2) is 6.61 Å². The van der Waals surface area contributed by atoms with Crippen molar-refractivity contribution in [2.75, 3.05) is 19.8 Å². The molecule has 0 spiro atoms. The predicted molar refractivity (Wildman–Crippen MR) is 95.8 cm³/mol. The number of ether oxygens (including phenoxy) is 2. The lowest BCUT2D eigenvalue weighted by molar-refractivity contribution is -0.123. The molecule has 2 aromatic carbocycles. The summed E-state index contributed by atoms with van der Waals surface area (Å²) in [6.07, 6.45) is 0. The Hall–Kier alpha value is -2.49. The molecule has 1 amide bonds. The highest BCUT2D eigenvalue weighted by molar-refractivity contribution is 5.77. The van der Waals surface area contributed by atoms with Crippen molar-refractivity contribution >= 4 is 5.91 Å². The molecule has 0 heterocycles. The molecule has 2 rings (SSSR count). The van der Waals surface area contributed by atoms with Crippen LogP contribution in [0.2, 0.25) is 0 Å². The van der Waals surface area contributed by atoms with Gasteiger partial charge < -0.3 is 14.8 Å². The van der Waals surface area contributed by atoms with Crippen LogP contribution in [0.3, 0.4) is 0 Å². The minimum atomic E-state index is -0.153. The van der Waals surface area contributed by atoms with Crippen LogP contribution in [0.25, 0.3) is 0 Å². The SMILES string of the molecule is Cc1ccc(OCC(=O)NCCOc2cccc(C)c2C)c(C)c1. The van der Waals surface area contributed by atoms with Crippen LogP contribution in [0.15, 0.2) is 36.4 Å². The molecule has 128 valence electrons.